The van der Waals surface area contributed by atoms with E-state index in [9.17, 15) is 0 Å². The Hall–Kier alpha value is -0.600. The van der Waals surface area contributed by atoms with Crippen molar-refractivity contribution in [1.29, 1.82) is 0 Å². The van der Waals surface area contributed by atoms with Gasteiger partial charge in [-0.2, -0.15) is 0 Å². The molecule has 0 aliphatic carbocycles. The first kappa shape index (κ1) is 12.5. The van der Waals surface area contributed by atoms with Crippen molar-refractivity contribution in [2.45, 2.75) is 26.9 Å². The predicted octanol–water partition coefficient (Wildman–Crippen LogP) is 4.21. The van der Waals surface area contributed by atoms with E-state index in [4.69, 9.17) is 27.9 Å². The Kier molecular flexibility index (Phi) is 4.55. The number of benzene rings is 1. The van der Waals surface area contributed by atoms with Gasteiger partial charge in [-0.15, -0.1) is 0 Å². The number of rotatable bonds is 4. The summed E-state index contributed by atoms with van der Waals surface area (Å²) in [6, 6.07) is 3.50. The monoisotopic (exact) mass is 247 g/mol. The molecule has 1 aromatic carbocycles. The highest BCUT2D eigenvalue weighted by Gasteiger charge is 2.11. The molecule has 0 bridgehead atoms. The summed E-state index contributed by atoms with van der Waals surface area (Å²) in [5.74, 6) is 0.665. The van der Waals surface area contributed by atoms with Gasteiger partial charge in [-0.05, 0) is 32.9 Å². The van der Waals surface area contributed by atoms with Crippen LogP contribution < -0.4 is 10.1 Å². The molecule has 0 fully saturated rings. The predicted molar refractivity (Wildman–Crippen MR) is 66.4 cm³/mol. The quantitative estimate of drug-likeness (QED) is 0.861. The SMILES string of the molecule is CCNc1cc(Cl)cc(Cl)c1OC(C)C. The summed E-state index contributed by atoms with van der Waals surface area (Å²) in [6.45, 7) is 6.72. The number of hydrogen-bond acceptors (Lipinski definition) is 2. The highest BCUT2D eigenvalue weighted by molar-refractivity contribution is 6.36. The zero-order valence-electron chi connectivity index (χ0n) is 9.10. The summed E-state index contributed by atoms with van der Waals surface area (Å²) in [6.07, 6.45) is 0.0843. The minimum absolute atomic E-state index is 0.0843. The van der Waals surface area contributed by atoms with Gasteiger partial charge in [0, 0.05) is 11.6 Å². The van der Waals surface area contributed by atoms with Crippen molar-refractivity contribution in [1.82, 2.24) is 0 Å². The molecule has 0 heterocycles. The fraction of sp³-hybridized carbons (Fsp3) is 0.455. The normalized spacial score (nSPS) is 10.5. The van der Waals surface area contributed by atoms with Crippen molar-refractivity contribution < 1.29 is 4.74 Å². The number of nitrogens with one attached hydrogen (secondary N) is 1. The van der Waals surface area contributed by atoms with Gasteiger partial charge in [0.1, 0.15) is 0 Å². The minimum atomic E-state index is 0.0843. The average molecular weight is 248 g/mol. The molecule has 0 unspecified atom stereocenters. The van der Waals surface area contributed by atoms with Gasteiger partial charge in [0.25, 0.3) is 0 Å². The number of ether oxygens (including phenoxy) is 1. The van der Waals surface area contributed by atoms with Crippen LogP contribution in [0.5, 0.6) is 5.75 Å². The van der Waals surface area contributed by atoms with Crippen molar-refractivity contribution in [2.24, 2.45) is 0 Å². The molecular formula is C11H15Cl2NO. The van der Waals surface area contributed by atoms with Crippen LogP contribution in [0.15, 0.2) is 12.1 Å². The Labute approximate surface area is 101 Å². The maximum Gasteiger partial charge on any atom is 0.161 e. The maximum atomic E-state index is 6.07. The molecule has 0 saturated heterocycles. The van der Waals surface area contributed by atoms with Crippen LogP contribution in [0.2, 0.25) is 10.0 Å². The second kappa shape index (κ2) is 5.47. The van der Waals surface area contributed by atoms with Crippen molar-refractivity contribution in [3.8, 4) is 5.75 Å². The lowest BCUT2D eigenvalue weighted by molar-refractivity contribution is 0.244. The second-order valence-corrected chi connectivity index (χ2v) is 4.30. The topological polar surface area (TPSA) is 21.3 Å². The molecule has 0 aliphatic rings. The molecule has 0 atom stereocenters. The van der Waals surface area contributed by atoms with Crippen LogP contribution in [0.3, 0.4) is 0 Å². The summed E-state index contributed by atoms with van der Waals surface area (Å²) in [5.41, 5.74) is 0.837. The van der Waals surface area contributed by atoms with Gasteiger partial charge in [0.2, 0.25) is 0 Å². The first-order valence-electron chi connectivity index (χ1n) is 4.94. The molecule has 0 radical (unpaired) electrons. The standard InChI is InChI=1S/C11H15Cl2NO/c1-4-14-10-6-8(12)5-9(13)11(10)15-7(2)3/h5-7,14H,4H2,1-3H3. The summed E-state index contributed by atoms with van der Waals surface area (Å²) >= 11 is 12.0. The third-order valence-electron chi connectivity index (χ3n) is 1.73. The Balaban J connectivity index is 3.08. The van der Waals surface area contributed by atoms with Crippen LogP contribution >= 0.6 is 23.2 Å². The van der Waals surface area contributed by atoms with Crippen LogP contribution in [0.25, 0.3) is 0 Å². The van der Waals surface area contributed by atoms with Crippen molar-refractivity contribution in [3.63, 3.8) is 0 Å². The second-order valence-electron chi connectivity index (χ2n) is 3.46. The Morgan fingerprint density at radius 2 is 2.00 bits per heavy atom. The van der Waals surface area contributed by atoms with Gasteiger partial charge < -0.3 is 10.1 Å². The van der Waals surface area contributed by atoms with E-state index in [1.807, 2.05) is 26.8 Å². The summed E-state index contributed by atoms with van der Waals surface area (Å²) in [4.78, 5) is 0. The molecule has 4 heteroatoms. The molecular weight excluding hydrogens is 233 g/mol. The first-order valence-corrected chi connectivity index (χ1v) is 5.69. The lowest BCUT2D eigenvalue weighted by Crippen LogP contribution is -2.09. The van der Waals surface area contributed by atoms with Crippen LogP contribution in [-0.4, -0.2) is 12.6 Å². The molecule has 84 valence electrons. The minimum Gasteiger partial charge on any atom is -0.487 e. The third kappa shape index (κ3) is 3.47. The third-order valence-corrected chi connectivity index (χ3v) is 2.23. The highest BCUT2D eigenvalue weighted by atomic mass is 35.5. The number of anilines is 1. The fourth-order valence-electron chi connectivity index (χ4n) is 1.24. The molecule has 15 heavy (non-hydrogen) atoms. The van der Waals surface area contributed by atoms with Gasteiger partial charge in [0.05, 0.1) is 16.8 Å². The van der Waals surface area contributed by atoms with Crippen LogP contribution in [-0.2, 0) is 0 Å². The largest absolute Gasteiger partial charge is 0.487 e. The lowest BCUT2D eigenvalue weighted by atomic mass is 10.3. The molecule has 1 N–H and O–H groups in total. The van der Waals surface area contributed by atoms with Gasteiger partial charge in [-0.1, -0.05) is 23.2 Å². The van der Waals surface area contributed by atoms with Crippen molar-refractivity contribution in [2.75, 3.05) is 11.9 Å². The van der Waals surface area contributed by atoms with Gasteiger partial charge in [-0.25, -0.2) is 0 Å². The van der Waals surface area contributed by atoms with E-state index in [1.165, 1.54) is 0 Å². The maximum absolute atomic E-state index is 6.07. The van der Waals surface area contributed by atoms with Crippen LogP contribution in [0.4, 0.5) is 5.69 Å². The van der Waals surface area contributed by atoms with E-state index in [-0.39, 0.29) is 6.10 Å². The molecule has 0 amide bonds. The van der Waals surface area contributed by atoms with E-state index in [0.717, 1.165) is 12.2 Å². The Morgan fingerprint density at radius 3 is 2.53 bits per heavy atom. The Morgan fingerprint density at radius 1 is 1.33 bits per heavy atom. The van der Waals surface area contributed by atoms with Crippen LogP contribution in [0.1, 0.15) is 20.8 Å². The van der Waals surface area contributed by atoms with Crippen molar-refractivity contribution >= 4 is 28.9 Å². The molecule has 1 aromatic rings. The number of halogens is 2. The Bertz CT molecular complexity index is 340. The smallest absolute Gasteiger partial charge is 0.161 e. The van der Waals surface area contributed by atoms with Crippen molar-refractivity contribution in [3.05, 3.63) is 22.2 Å². The zero-order chi connectivity index (χ0) is 11.4. The summed E-state index contributed by atoms with van der Waals surface area (Å²) < 4.78 is 5.63. The summed E-state index contributed by atoms with van der Waals surface area (Å²) in [5, 5.41) is 4.31. The summed E-state index contributed by atoms with van der Waals surface area (Å²) in [7, 11) is 0. The van der Waals surface area contributed by atoms with E-state index in [0.29, 0.717) is 15.8 Å². The number of hydrogen-bond donors (Lipinski definition) is 1. The molecule has 0 saturated carbocycles. The molecule has 2 nitrogen and oxygen atoms in total. The molecule has 0 aliphatic heterocycles. The lowest BCUT2D eigenvalue weighted by Gasteiger charge is -2.16. The average Bonchev–Trinajstić information content (AvgIpc) is 2.11. The van der Waals surface area contributed by atoms with Gasteiger partial charge in [0.15, 0.2) is 5.75 Å². The van der Waals surface area contributed by atoms with E-state index < -0.39 is 0 Å². The first-order chi connectivity index (χ1) is 7.04. The van der Waals surface area contributed by atoms with E-state index >= 15 is 0 Å². The molecule has 1 rings (SSSR count). The molecule has 0 aromatic heterocycles. The zero-order valence-corrected chi connectivity index (χ0v) is 10.6. The highest BCUT2D eigenvalue weighted by Crippen LogP contribution is 2.36. The van der Waals surface area contributed by atoms with Crippen LogP contribution in [0, 0.1) is 0 Å². The van der Waals surface area contributed by atoms with Gasteiger partial charge in [-0.3, -0.25) is 0 Å². The van der Waals surface area contributed by atoms with E-state index in [1.54, 1.807) is 6.07 Å². The van der Waals surface area contributed by atoms with E-state index in [2.05, 4.69) is 5.32 Å². The van der Waals surface area contributed by atoms with Gasteiger partial charge >= 0.3 is 0 Å². The molecule has 0 spiro atoms. The fourth-order valence-corrected chi connectivity index (χ4v) is 1.78.